The first-order valence-electron chi connectivity index (χ1n) is 5.79. The third-order valence-corrected chi connectivity index (χ3v) is 3.50. The molecule has 96 valence electrons. The van der Waals surface area contributed by atoms with Crippen LogP contribution in [0.25, 0.3) is 0 Å². The summed E-state index contributed by atoms with van der Waals surface area (Å²) >= 11 is 11.8. The van der Waals surface area contributed by atoms with E-state index in [1.807, 2.05) is 18.2 Å². The molecular weight excluding hydrogens is 271 g/mol. The molecule has 0 saturated heterocycles. The molecule has 0 aliphatic carbocycles. The molecule has 1 aromatic carbocycles. The van der Waals surface area contributed by atoms with Crippen molar-refractivity contribution >= 4 is 23.2 Å². The summed E-state index contributed by atoms with van der Waals surface area (Å²) in [5, 5.41) is 11.0. The number of halogens is 2. The van der Waals surface area contributed by atoms with Crippen LogP contribution in [0.15, 0.2) is 41.0 Å². The van der Waals surface area contributed by atoms with E-state index in [0.717, 1.165) is 17.7 Å². The number of hydrogen-bond acceptors (Lipinski definition) is 2. The lowest BCUT2D eigenvalue weighted by atomic mass is 10.0. The van der Waals surface area contributed by atoms with Gasteiger partial charge in [-0.1, -0.05) is 29.3 Å². The summed E-state index contributed by atoms with van der Waals surface area (Å²) < 4.78 is 5.22. The number of furan rings is 1. The van der Waals surface area contributed by atoms with E-state index in [0.29, 0.717) is 22.9 Å². The molecule has 1 aromatic heterocycles. The fourth-order valence-electron chi connectivity index (χ4n) is 1.80. The number of aryl methyl sites for hydroxylation is 1. The van der Waals surface area contributed by atoms with Gasteiger partial charge in [0.25, 0.3) is 0 Å². The minimum Gasteiger partial charge on any atom is -0.469 e. The summed E-state index contributed by atoms with van der Waals surface area (Å²) in [7, 11) is 0. The van der Waals surface area contributed by atoms with Gasteiger partial charge in [-0.25, -0.2) is 0 Å². The van der Waals surface area contributed by atoms with E-state index in [1.165, 1.54) is 0 Å². The number of benzene rings is 1. The van der Waals surface area contributed by atoms with Crippen molar-refractivity contribution in [3.05, 3.63) is 58.0 Å². The van der Waals surface area contributed by atoms with Crippen molar-refractivity contribution in [2.75, 3.05) is 0 Å². The van der Waals surface area contributed by atoms with Crippen LogP contribution in [-0.4, -0.2) is 11.2 Å². The highest BCUT2D eigenvalue weighted by Gasteiger charge is 2.08. The third-order valence-electron chi connectivity index (χ3n) is 2.76. The summed E-state index contributed by atoms with van der Waals surface area (Å²) in [4.78, 5) is 0. The maximum atomic E-state index is 9.94. The Hall–Kier alpha value is -0.960. The predicted molar refractivity (Wildman–Crippen MR) is 73.2 cm³/mol. The fourth-order valence-corrected chi connectivity index (χ4v) is 2.13. The first-order valence-corrected chi connectivity index (χ1v) is 6.55. The molecule has 0 fully saturated rings. The molecular formula is C14H14Cl2O2. The molecule has 2 nitrogen and oxygen atoms in total. The van der Waals surface area contributed by atoms with Crippen molar-refractivity contribution in [2.45, 2.75) is 25.4 Å². The van der Waals surface area contributed by atoms with Crippen molar-refractivity contribution in [1.82, 2.24) is 0 Å². The van der Waals surface area contributed by atoms with Crippen LogP contribution < -0.4 is 0 Å². The second-order valence-corrected chi connectivity index (χ2v) is 5.04. The van der Waals surface area contributed by atoms with Crippen LogP contribution in [0, 0.1) is 0 Å². The van der Waals surface area contributed by atoms with E-state index < -0.39 is 6.10 Å². The number of aliphatic hydroxyl groups excluding tert-OH is 1. The minimum atomic E-state index is -0.410. The molecule has 0 aliphatic rings. The summed E-state index contributed by atoms with van der Waals surface area (Å²) in [6.07, 6.45) is 3.19. The zero-order chi connectivity index (χ0) is 13.0. The van der Waals surface area contributed by atoms with Crippen LogP contribution in [0.3, 0.4) is 0 Å². The zero-order valence-corrected chi connectivity index (χ0v) is 11.3. The molecule has 0 aliphatic heterocycles. The van der Waals surface area contributed by atoms with Gasteiger partial charge in [0.05, 0.1) is 22.4 Å². The molecule has 4 heteroatoms. The third kappa shape index (κ3) is 3.77. The van der Waals surface area contributed by atoms with Crippen molar-refractivity contribution in [3.8, 4) is 0 Å². The van der Waals surface area contributed by atoms with Gasteiger partial charge in [0.1, 0.15) is 5.76 Å². The van der Waals surface area contributed by atoms with E-state index in [9.17, 15) is 5.11 Å². The summed E-state index contributed by atoms with van der Waals surface area (Å²) in [5.74, 6) is 0.892. The molecule has 2 rings (SSSR count). The SMILES string of the molecule is OC(CCc1ccco1)Cc1ccc(Cl)c(Cl)c1. The lowest BCUT2D eigenvalue weighted by Crippen LogP contribution is -2.11. The quantitative estimate of drug-likeness (QED) is 0.896. The average molecular weight is 285 g/mol. The Labute approximate surface area is 116 Å². The predicted octanol–water partition coefficient (Wildman–Crippen LogP) is 4.12. The van der Waals surface area contributed by atoms with E-state index in [-0.39, 0.29) is 0 Å². The highest BCUT2D eigenvalue weighted by atomic mass is 35.5. The Morgan fingerprint density at radius 3 is 2.67 bits per heavy atom. The van der Waals surface area contributed by atoms with Gasteiger partial charge in [-0.05, 0) is 42.7 Å². The van der Waals surface area contributed by atoms with E-state index in [4.69, 9.17) is 27.6 Å². The maximum absolute atomic E-state index is 9.94. The van der Waals surface area contributed by atoms with Gasteiger partial charge in [-0.15, -0.1) is 0 Å². The van der Waals surface area contributed by atoms with Crippen LogP contribution in [0.1, 0.15) is 17.7 Å². The Morgan fingerprint density at radius 2 is 2.00 bits per heavy atom. The molecule has 1 heterocycles. The lowest BCUT2D eigenvalue weighted by molar-refractivity contribution is 0.163. The van der Waals surface area contributed by atoms with Gasteiger partial charge in [0.2, 0.25) is 0 Å². The normalized spacial score (nSPS) is 12.6. The standard InChI is InChI=1S/C14H14Cl2O2/c15-13-6-3-10(9-14(13)16)8-11(17)4-5-12-2-1-7-18-12/h1-3,6-7,9,11,17H,4-5,8H2. The summed E-state index contributed by atoms with van der Waals surface area (Å²) in [6.45, 7) is 0. The first kappa shape index (κ1) is 13.5. The van der Waals surface area contributed by atoms with Crippen LogP contribution in [0.5, 0.6) is 0 Å². The van der Waals surface area contributed by atoms with Gasteiger partial charge < -0.3 is 9.52 Å². The molecule has 1 N–H and O–H groups in total. The van der Waals surface area contributed by atoms with Crippen LogP contribution in [-0.2, 0) is 12.8 Å². The largest absolute Gasteiger partial charge is 0.469 e. The Morgan fingerprint density at radius 1 is 1.17 bits per heavy atom. The molecule has 0 bridgehead atoms. The second kappa shape index (κ2) is 6.28. The van der Waals surface area contributed by atoms with Crippen LogP contribution >= 0.6 is 23.2 Å². The van der Waals surface area contributed by atoms with Gasteiger partial charge in [0.15, 0.2) is 0 Å². The molecule has 0 radical (unpaired) electrons. The Balaban J connectivity index is 1.86. The van der Waals surface area contributed by atoms with Crippen LogP contribution in [0.4, 0.5) is 0 Å². The molecule has 2 aromatic rings. The molecule has 1 atom stereocenters. The number of rotatable bonds is 5. The number of aliphatic hydroxyl groups is 1. The molecule has 18 heavy (non-hydrogen) atoms. The van der Waals surface area contributed by atoms with Gasteiger partial charge in [-0.2, -0.15) is 0 Å². The van der Waals surface area contributed by atoms with E-state index >= 15 is 0 Å². The highest BCUT2D eigenvalue weighted by molar-refractivity contribution is 6.42. The van der Waals surface area contributed by atoms with E-state index in [2.05, 4.69) is 0 Å². The lowest BCUT2D eigenvalue weighted by Gasteiger charge is -2.10. The summed E-state index contributed by atoms with van der Waals surface area (Å²) in [5.41, 5.74) is 0.983. The van der Waals surface area contributed by atoms with E-state index in [1.54, 1.807) is 18.4 Å². The van der Waals surface area contributed by atoms with Gasteiger partial charge in [0, 0.05) is 6.42 Å². The van der Waals surface area contributed by atoms with Gasteiger partial charge >= 0.3 is 0 Å². The van der Waals surface area contributed by atoms with Crippen molar-refractivity contribution < 1.29 is 9.52 Å². The van der Waals surface area contributed by atoms with Crippen molar-refractivity contribution in [1.29, 1.82) is 0 Å². The zero-order valence-electron chi connectivity index (χ0n) is 9.77. The molecule has 0 spiro atoms. The molecule has 0 saturated carbocycles. The molecule has 0 amide bonds. The second-order valence-electron chi connectivity index (χ2n) is 4.22. The Bertz CT molecular complexity index is 495. The first-order chi connectivity index (χ1) is 8.65. The summed E-state index contributed by atoms with van der Waals surface area (Å²) in [6, 6.07) is 9.18. The fraction of sp³-hybridized carbons (Fsp3) is 0.286. The Kier molecular flexibility index (Phi) is 4.70. The van der Waals surface area contributed by atoms with Gasteiger partial charge in [-0.3, -0.25) is 0 Å². The molecule has 1 unspecified atom stereocenters. The monoisotopic (exact) mass is 284 g/mol. The highest BCUT2D eigenvalue weighted by Crippen LogP contribution is 2.23. The minimum absolute atomic E-state index is 0.410. The number of hydrogen-bond donors (Lipinski definition) is 1. The smallest absolute Gasteiger partial charge is 0.103 e. The van der Waals surface area contributed by atoms with Crippen LogP contribution in [0.2, 0.25) is 10.0 Å². The van der Waals surface area contributed by atoms with Crippen molar-refractivity contribution in [2.24, 2.45) is 0 Å². The topological polar surface area (TPSA) is 33.4 Å². The maximum Gasteiger partial charge on any atom is 0.103 e. The van der Waals surface area contributed by atoms with Crippen molar-refractivity contribution in [3.63, 3.8) is 0 Å². The average Bonchev–Trinajstić information content (AvgIpc) is 2.84.